The Balaban J connectivity index is 2.24. The van der Waals surface area contributed by atoms with Gasteiger partial charge in [-0.25, -0.2) is 0 Å². The van der Waals surface area contributed by atoms with Gasteiger partial charge >= 0.3 is 0 Å². The van der Waals surface area contributed by atoms with Crippen LogP contribution in [0.2, 0.25) is 0 Å². The molecule has 3 rings (SSSR count). The first-order valence-corrected chi connectivity index (χ1v) is 6.18. The van der Waals surface area contributed by atoms with Gasteiger partial charge in [-0.05, 0) is 41.6 Å². The molecule has 0 spiro atoms. The third kappa shape index (κ3) is 1.59. The molecule has 0 bridgehead atoms. The maximum absolute atomic E-state index is 10.9. The molecule has 0 aliphatic rings. The highest BCUT2D eigenvalue weighted by molar-refractivity contribution is 7.12. The van der Waals surface area contributed by atoms with E-state index in [0.29, 0.717) is 0 Å². The molecule has 0 aliphatic heterocycles. The molecule has 0 amide bonds. The zero-order valence-electron chi connectivity index (χ0n) is 9.27. The fraction of sp³-hybridized carbons (Fsp3) is 0.0714. The van der Waals surface area contributed by atoms with Gasteiger partial charge in [0.15, 0.2) is 6.29 Å². The SMILES string of the molecule is Cc1coc2ccc(-c3ccsc3C=O)cc12. The Morgan fingerprint density at radius 2 is 2.18 bits per heavy atom. The number of carbonyl (C=O) groups is 1. The fourth-order valence-corrected chi connectivity index (χ4v) is 2.69. The smallest absolute Gasteiger partial charge is 0.160 e. The second-order valence-corrected chi connectivity index (χ2v) is 4.89. The summed E-state index contributed by atoms with van der Waals surface area (Å²) in [6.45, 7) is 2.02. The summed E-state index contributed by atoms with van der Waals surface area (Å²) in [4.78, 5) is 11.7. The van der Waals surface area contributed by atoms with Crippen LogP contribution in [0.3, 0.4) is 0 Å². The van der Waals surface area contributed by atoms with E-state index in [4.69, 9.17) is 4.42 Å². The quantitative estimate of drug-likeness (QED) is 0.628. The van der Waals surface area contributed by atoms with Crippen molar-refractivity contribution in [2.24, 2.45) is 0 Å². The maximum Gasteiger partial charge on any atom is 0.160 e. The molecule has 0 atom stereocenters. The van der Waals surface area contributed by atoms with E-state index in [2.05, 4.69) is 6.07 Å². The number of benzene rings is 1. The number of aldehydes is 1. The van der Waals surface area contributed by atoms with Crippen molar-refractivity contribution in [2.45, 2.75) is 6.92 Å². The van der Waals surface area contributed by atoms with E-state index in [1.54, 1.807) is 6.26 Å². The molecule has 17 heavy (non-hydrogen) atoms. The molecule has 0 saturated carbocycles. The Bertz CT molecular complexity index is 691. The number of aryl methyl sites for hydroxylation is 1. The zero-order valence-corrected chi connectivity index (χ0v) is 10.1. The predicted molar refractivity (Wildman–Crippen MR) is 69.7 cm³/mol. The highest BCUT2D eigenvalue weighted by Gasteiger charge is 2.08. The first kappa shape index (κ1) is 10.3. The van der Waals surface area contributed by atoms with Gasteiger partial charge in [-0.3, -0.25) is 4.79 Å². The Labute approximate surface area is 102 Å². The van der Waals surface area contributed by atoms with Gasteiger partial charge in [0.05, 0.1) is 11.1 Å². The molecule has 0 unspecified atom stereocenters. The minimum Gasteiger partial charge on any atom is -0.464 e. The molecule has 2 heterocycles. The van der Waals surface area contributed by atoms with Crippen molar-refractivity contribution in [1.29, 1.82) is 0 Å². The number of carbonyl (C=O) groups excluding carboxylic acids is 1. The van der Waals surface area contributed by atoms with Gasteiger partial charge in [-0.2, -0.15) is 0 Å². The molecule has 3 heteroatoms. The number of furan rings is 1. The lowest BCUT2D eigenvalue weighted by molar-refractivity contribution is 0.112. The van der Waals surface area contributed by atoms with Crippen LogP contribution in [0, 0.1) is 6.92 Å². The van der Waals surface area contributed by atoms with Crippen LogP contribution in [-0.2, 0) is 0 Å². The number of hydrogen-bond acceptors (Lipinski definition) is 3. The number of hydrogen-bond donors (Lipinski definition) is 0. The van der Waals surface area contributed by atoms with E-state index in [1.807, 2.05) is 30.5 Å². The van der Waals surface area contributed by atoms with Crippen LogP contribution in [-0.4, -0.2) is 6.29 Å². The first-order valence-electron chi connectivity index (χ1n) is 5.30. The van der Waals surface area contributed by atoms with Crippen molar-refractivity contribution in [3.63, 3.8) is 0 Å². The van der Waals surface area contributed by atoms with Crippen molar-refractivity contribution in [3.8, 4) is 11.1 Å². The van der Waals surface area contributed by atoms with Gasteiger partial charge in [-0.1, -0.05) is 6.07 Å². The van der Waals surface area contributed by atoms with Crippen LogP contribution < -0.4 is 0 Å². The normalized spacial score (nSPS) is 10.9. The van der Waals surface area contributed by atoms with Crippen LogP contribution in [0.4, 0.5) is 0 Å². The highest BCUT2D eigenvalue weighted by Crippen LogP contribution is 2.31. The molecule has 2 nitrogen and oxygen atoms in total. The van der Waals surface area contributed by atoms with Gasteiger partial charge in [0.2, 0.25) is 0 Å². The Morgan fingerprint density at radius 1 is 1.29 bits per heavy atom. The van der Waals surface area contributed by atoms with Crippen LogP contribution in [0.1, 0.15) is 15.2 Å². The molecule has 2 aromatic heterocycles. The van der Waals surface area contributed by atoms with E-state index in [-0.39, 0.29) is 0 Å². The molecular weight excluding hydrogens is 232 g/mol. The van der Waals surface area contributed by atoms with E-state index in [1.165, 1.54) is 11.3 Å². The number of thiophene rings is 1. The zero-order chi connectivity index (χ0) is 11.8. The molecule has 0 aliphatic carbocycles. The summed E-state index contributed by atoms with van der Waals surface area (Å²) in [7, 11) is 0. The maximum atomic E-state index is 10.9. The largest absolute Gasteiger partial charge is 0.464 e. The second-order valence-electron chi connectivity index (χ2n) is 3.95. The molecule has 0 fully saturated rings. The van der Waals surface area contributed by atoms with Crippen LogP contribution in [0.5, 0.6) is 0 Å². The average Bonchev–Trinajstić information content (AvgIpc) is 2.96. The molecular formula is C14H10O2S. The molecule has 3 aromatic rings. The lowest BCUT2D eigenvalue weighted by Crippen LogP contribution is -1.80. The van der Waals surface area contributed by atoms with Crippen LogP contribution >= 0.6 is 11.3 Å². The Morgan fingerprint density at radius 3 is 3.00 bits per heavy atom. The summed E-state index contributed by atoms with van der Waals surface area (Å²) in [6.07, 6.45) is 2.66. The monoisotopic (exact) mass is 242 g/mol. The van der Waals surface area contributed by atoms with Gasteiger partial charge in [0.1, 0.15) is 5.58 Å². The first-order chi connectivity index (χ1) is 8.29. The van der Waals surface area contributed by atoms with Crippen molar-refractivity contribution >= 4 is 28.6 Å². The van der Waals surface area contributed by atoms with Crippen molar-refractivity contribution < 1.29 is 9.21 Å². The number of fused-ring (bicyclic) bond motifs is 1. The predicted octanol–water partition coefficient (Wildman–Crippen LogP) is 4.28. The van der Waals surface area contributed by atoms with E-state index >= 15 is 0 Å². The van der Waals surface area contributed by atoms with E-state index < -0.39 is 0 Å². The van der Waals surface area contributed by atoms with Crippen molar-refractivity contribution in [3.05, 3.63) is 46.3 Å². The summed E-state index contributed by atoms with van der Waals surface area (Å²) < 4.78 is 5.41. The standard InChI is InChI=1S/C14H10O2S/c1-9-8-16-13-3-2-10(6-12(9)13)11-4-5-17-14(11)7-15/h2-8H,1H3. The molecule has 84 valence electrons. The third-order valence-electron chi connectivity index (χ3n) is 2.88. The molecule has 0 N–H and O–H groups in total. The summed E-state index contributed by atoms with van der Waals surface area (Å²) in [5, 5.41) is 3.04. The van der Waals surface area contributed by atoms with Crippen LogP contribution in [0.15, 0.2) is 40.3 Å². The summed E-state index contributed by atoms with van der Waals surface area (Å²) in [5.41, 5.74) is 4.05. The fourth-order valence-electron chi connectivity index (χ4n) is 1.97. The molecule has 0 radical (unpaired) electrons. The van der Waals surface area contributed by atoms with Crippen molar-refractivity contribution in [2.75, 3.05) is 0 Å². The second kappa shape index (κ2) is 3.86. The van der Waals surface area contributed by atoms with Gasteiger partial charge in [0, 0.05) is 10.9 Å². The lowest BCUT2D eigenvalue weighted by atomic mass is 10.0. The lowest BCUT2D eigenvalue weighted by Gasteiger charge is -2.00. The summed E-state index contributed by atoms with van der Waals surface area (Å²) >= 11 is 1.46. The van der Waals surface area contributed by atoms with E-state index in [9.17, 15) is 4.79 Å². The molecule has 1 aromatic carbocycles. The summed E-state index contributed by atoms with van der Waals surface area (Å²) in [5.74, 6) is 0. The Kier molecular flexibility index (Phi) is 2.34. The minimum atomic E-state index is 0.769. The van der Waals surface area contributed by atoms with Gasteiger partial charge in [-0.15, -0.1) is 11.3 Å². The highest BCUT2D eigenvalue weighted by atomic mass is 32.1. The number of rotatable bonds is 2. The van der Waals surface area contributed by atoms with E-state index in [0.717, 1.165) is 38.8 Å². The van der Waals surface area contributed by atoms with Crippen molar-refractivity contribution in [1.82, 2.24) is 0 Å². The summed E-state index contributed by atoms with van der Waals surface area (Å²) in [6, 6.07) is 7.98. The average molecular weight is 242 g/mol. The topological polar surface area (TPSA) is 30.2 Å². The minimum absolute atomic E-state index is 0.769. The van der Waals surface area contributed by atoms with Gasteiger partial charge < -0.3 is 4.42 Å². The van der Waals surface area contributed by atoms with Crippen LogP contribution in [0.25, 0.3) is 22.1 Å². The Hall–Kier alpha value is -1.87. The van der Waals surface area contributed by atoms with Gasteiger partial charge in [0.25, 0.3) is 0 Å². The molecule has 0 saturated heterocycles. The third-order valence-corrected chi connectivity index (χ3v) is 3.72.